The monoisotopic (exact) mass is 1390 g/mol. The molecule has 27 heteroatoms. The van der Waals surface area contributed by atoms with Gasteiger partial charge in [0.15, 0.2) is 17.9 Å². The quantitative estimate of drug-likeness (QED) is 0.115. The zero-order chi connectivity index (χ0) is 70.6. The van der Waals surface area contributed by atoms with Crippen molar-refractivity contribution < 1.29 is 27.6 Å². The van der Waals surface area contributed by atoms with Gasteiger partial charge in [-0.1, -0.05) is 68.4 Å². The lowest BCUT2D eigenvalue weighted by atomic mass is 9.83. The topological polar surface area (TPSA) is 296 Å². The molecule has 0 aliphatic carbocycles. The number of amides is 3. The van der Waals surface area contributed by atoms with Crippen molar-refractivity contribution in [3.05, 3.63) is 211 Å². The Bertz CT molecular complexity index is 4920. The van der Waals surface area contributed by atoms with Crippen LogP contribution in [0.15, 0.2) is 183 Å². The van der Waals surface area contributed by atoms with Crippen molar-refractivity contribution in [1.29, 1.82) is 15.8 Å². The Hall–Kier alpha value is -11.3. The van der Waals surface area contributed by atoms with Crippen LogP contribution in [-0.4, -0.2) is 126 Å². The zero-order valence-corrected chi connectivity index (χ0v) is 57.2. The summed E-state index contributed by atoms with van der Waals surface area (Å²) in [5.74, 6) is -0.569. The number of anilines is 3. The van der Waals surface area contributed by atoms with Gasteiger partial charge in [-0.2, -0.15) is 29.0 Å². The molecule has 6 aliphatic rings. The van der Waals surface area contributed by atoms with E-state index in [0.717, 1.165) is 65.5 Å². The molecule has 3 saturated heterocycles. The lowest BCUT2D eigenvalue weighted by molar-refractivity contribution is -0.141. The summed E-state index contributed by atoms with van der Waals surface area (Å²) in [7, 11) is 4.88. The van der Waals surface area contributed by atoms with E-state index in [2.05, 4.69) is 98.6 Å². The van der Waals surface area contributed by atoms with E-state index in [0.29, 0.717) is 48.8 Å². The number of carbonyl (C=O) groups is 3. The number of carbonyl (C=O) groups excluding carboxylic acids is 3. The van der Waals surface area contributed by atoms with E-state index in [-0.39, 0.29) is 66.3 Å². The second-order valence-corrected chi connectivity index (χ2v) is 28.3. The van der Waals surface area contributed by atoms with Gasteiger partial charge in [-0.25, -0.2) is 29.9 Å². The minimum atomic E-state index is -4.58. The minimum Gasteiger partial charge on any atom is -0.369 e. The molecule has 504 valence electrons. The van der Waals surface area contributed by atoms with E-state index in [4.69, 9.17) is 32.2 Å². The van der Waals surface area contributed by atoms with Crippen LogP contribution in [0.3, 0.4) is 0 Å². The van der Waals surface area contributed by atoms with Crippen LogP contribution in [-0.2, 0) is 37.2 Å². The van der Waals surface area contributed by atoms with Crippen LogP contribution in [0.4, 0.5) is 30.4 Å². The summed E-state index contributed by atoms with van der Waals surface area (Å²) in [5.41, 5.74) is 25.5. The number of hydrogen-bond donors (Lipinski definition) is 3. The van der Waals surface area contributed by atoms with Crippen LogP contribution < -0.4 is 31.9 Å². The summed E-state index contributed by atoms with van der Waals surface area (Å²) in [6.07, 6.45) is 0.386. The Morgan fingerprint density at radius 3 is 1.25 bits per heavy atom. The molecule has 4 aromatic carbocycles. The number of alkyl halides is 3. The summed E-state index contributed by atoms with van der Waals surface area (Å²) < 4.78 is 39.8. The number of halogens is 3. The van der Waals surface area contributed by atoms with E-state index >= 15 is 0 Å². The average Bonchev–Trinajstić information content (AvgIpc) is 1.57. The Labute approximate surface area is 586 Å². The first-order chi connectivity index (χ1) is 48.0. The highest BCUT2D eigenvalue weighted by Crippen LogP contribution is 2.52. The molecule has 0 spiro atoms. The molecule has 0 saturated carbocycles. The first-order valence-electron chi connectivity index (χ1n) is 31.8. The Balaban J connectivity index is 0.000000135. The second kappa shape index (κ2) is 26.5. The number of nitrogens with zero attached hydrogens (tertiary/aromatic N) is 15. The summed E-state index contributed by atoms with van der Waals surface area (Å²) in [6, 6.07) is 47.1. The van der Waals surface area contributed by atoms with Crippen molar-refractivity contribution in [2.45, 2.75) is 42.6 Å². The lowest BCUT2D eigenvalue weighted by Gasteiger charge is -2.36. The Kier molecular flexibility index (Phi) is 17.8. The largest absolute Gasteiger partial charge is 0.433 e. The third kappa shape index (κ3) is 12.3. The molecule has 100 heavy (non-hydrogen) atoms. The molecule has 0 radical (unpaired) electrons. The molecule has 6 N–H and O–H groups in total. The maximum absolute atomic E-state index is 13.4. The van der Waals surface area contributed by atoms with Crippen LogP contribution in [0.25, 0.3) is 33.4 Å². The number of nitriles is 3. The second-order valence-electron chi connectivity index (χ2n) is 25.6. The molecule has 3 fully saturated rings. The summed E-state index contributed by atoms with van der Waals surface area (Å²) in [6.45, 7) is 6.82. The number of hydrogen-bond acceptors (Lipinski definition) is 21. The van der Waals surface area contributed by atoms with Crippen LogP contribution in [0, 0.1) is 51.7 Å². The number of pyridine rings is 1. The number of benzene rings is 4. The smallest absolute Gasteiger partial charge is 0.369 e. The van der Waals surface area contributed by atoms with Gasteiger partial charge in [-0.3, -0.25) is 29.1 Å². The van der Waals surface area contributed by atoms with E-state index in [9.17, 15) is 43.3 Å². The summed E-state index contributed by atoms with van der Waals surface area (Å²) in [5, 5.41) is 33.8. The number of fused-ring (bicyclic) bond motifs is 3. The summed E-state index contributed by atoms with van der Waals surface area (Å²) >= 11 is 4.56. The molecule has 3 unspecified atom stereocenters. The molecule has 5 aromatic heterocycles. The van der Waals surface area contributed by atoms with Gasteiger partial charge in [-0.15, -0.1) is 34.0 Å². The molecular formula is C73H65F3N18O3S3. The fourth-order valence-electron chi connectivity index (χ4n) is 13.8. The third-order valence-corrected chi connectivity index (χ3v) is 22.6. The maximum Gasteiger partial charge on any atom is 0.433 e. The molecule has 3 amide bonds. The van der Waals surface area contributed by atoms with Gasteiger partial charge in [0.1, 0.15) is 34.5 Å². The van der Waals surface area contributed by atoms with Crippen molar-refractivity contribution in [3.63, 3.8) is 0 Å². The van der Waals surface area contributed by atoms with Gasteiger partial charge in [0.25, 0.3) is 0 Å². The van der Waals surface area contributed by atoms with Crippen LogP contribution in [0.1, 0.15) is 62.3 Å². The van der Waals surface area contributed by atoms with E-state index < -0.39 is 34.4 Å². The average molecular weight is 1400 g/mol. The predicted molar refractivity (Wildman–Crippen MR) is 381 cm³/mol. The standard InChI is InChI=1S/C27H27N5OS.C24H19F3N6OS.C22H19N7OS/c1-17(2)19-7-9-22(10-8-19)32-14-23-25(33)31(3)26(29)30-27(23,16-32)24-12-21(15-34-24)20-6-4-5-18(11-20)13-28;1-32-21(34)17-11-33(20-7-3-6-18(30-20)24(25,26)27)13-23(17,31-22(32)29)19-9-16(12-35-19)15-5-2-4-14(8-15)10-28;1-28-20(30)18-10-29(17-8-25-13-26-9-17)12-22(18,27-21(28)24)19-6-16(11-31-19)15-4-2-3-14(5-15)7-23/h4-12,15,17,23H,14,16H2,1-3H3,(H2,29,30);2-9,12,17H,11,13H2,1H3,(H2,29,31);2-6,8-9,11,13,18H,10,12H2,1H3,(H2,24,27)/t23?,27-;17?,23-;18?,22-/m000/s1. The van der Waals surface area contributed by atoms with Gasteiger partial charge in [0.2, 0.25) is 17.7 Å². The summed E-state index contributed by atoms with van der Waals surface area (Å²) in [4.78, 5) is 79.4. The Morgan fingerprint density at radius 1 is 0.500 bits per heavy atom. The van der Waals surface area contributed by atoms with Crippen LogP contribution in [0.2, 0.25) is 0 Å². The van der Waals surface area contributed by atoms with E-state index in [1.54, 1.807) is 84.4 Å². The number of thiophene rings is 3. The van der Waals surface area contributed by atoms with Gasteiger partial charge >= 0.3 is 6.18 Å². The Morgan fingerprint density at radius 2 is 0.870 bits per heavy atom. The molecule has 11 heterocycles. The van der Waals surface area contributed by atoms with E-state index in [1.165, 1.54) is 57.1 Å². The third-order valence-electron chi connectivity index (χ3n) is 19.3. The molecule has 6 atom stereocenters. The van der Waals surface area contributed by atoms with Crippen molar-refractivity contribution in [2.75, 3.05) is 75.1 Å². The highest BCUT2D eigenvalue weighted by molar-refractivity contribution is 7.11. The first-order valence-corrected chi connectivity index (χ1v) is 34.4. The normalized spacial score (nSPS) is 22.3. The van der Waals surface area contributed by atoms with Gasteiger partial charge in [0, 0.05) is 74.2 Å². The van der Waals surface area contributed by atoms with E-state index in [1.807, 2.05) is 59.3 Å². The molecule has 0 bridgehead atoms. The number of nitrogens with two attached hydrogens (primary N) is 3. The maximum atomic E-state index is 13.4. The number of guanidine groups is 3. The molecule has 21 nitrogen and oxygen atoms in total. The molecule has 6 aliphatic heterocycles. The van der Waals surface area contributed by atoms with Crippen molar-refractivity contribution in [3.8, 4) is 51.6 Å². The number of aliphatic imine (C=N–C) groups is 3. The number of aromatic nitrogens is 3. The first kappa shape index (κ1) is 67.3. The van der Waals surface area contributed by atoms with Crippen molar-refractivity contribution in [2.24, 2.45) is 49.9 Å². The van der Waals surface area contributed by atoms with Crippen molar-refractivity contribution in [1.82, 2.24) is 29.7 Å². The number of rotatable bonds is 10. The molecular weight excluding hydrogens is 1330 g/mol. The molecule has 15 rings (SSSR count). The zero-order valence-electron chi connectivity index (χ0n) is 54.7. The highest BCUT2D eigenvalue weighted by Gasteiger charge is 2.59. The van der Waals surface area contributed by atoms with Crippen LogP contribution in [0.5, 0.6) is 0 Å². The SMILES string of the molecule is CC(C)c1ccc(N2CC3C(=O)N(C)C(N)=N[C@@]3(c3cc(-c4cccc(C#N)c4)cs3)C2)cc1.CN1C(=O)C2CN(c3cccc(C(F)(F)F)n3)C[C@]2(c2cc(-c3cccc(C#N)c3)cs2)N=C1N.CN1C(=O)C2CN(c3cncnc3)C[C@]2(c2cc(-c3cccc(C#N)c3)cs2)N=C1N. The highest BCUT2D eigenvalue weighted by atomic mass is 32.1. The fourth-order valence-corrected chi connectivity index (χ4v) is 17.1. The molecule has 9 aromatic rings. The van der Waals surface area contributed by atoms with Gasteiger partial charge < -0.3 is 31.9 Å². The van der Waals surface area contributed by atoms with Gasteiger partial charge in [0.05, 0.1) is 77.3 Å². The fraction of sp³-hybridized carbons (Fsp3) is 0.260. The van der Waals surface area contributed by atoms with Crippen molar-refractivity contribution >= 4 is 86.8 Å². The van der Waals surface area contributed by atoms with Crippen LogP contribution >= 0.6 is 34.0 Å². The minimum absolute atomic E-state index is 0.00442. The van der Waals surface area contributed by atoms with Gasteiger partial charge in [-0.05, 0) is 140 Å². The lowest BCUT2D eigenvalue weighted by Crippen LogP contribution is -2.54. The predicted octanol–water partition coefficient (Wildman–Crippen LogP) is 10.5.